The Kier molecular flexibility index (Phi) is 5.15. The van der Waals surface area contributed by atoms with Crippen LogP contribution in [-0.4, -0.2) is 17.5 Å². The lowest BCUT2D eigenvalue weighted by molar-refractivity contribution is -0.113. The SMILES string of the molecule is C=C1CC[C@H](O)C/C1=C/C=C1\CCC[C@]2(C)[C@@H]([C@H](C)C=O)CC[C@@H]12. The van der Waals surface area contributed by atoms with E-state index in [0.29, 0.717) is 11.8 Å². The molecule has 2 nitrogen and oxygen atoms in total. The van der Waals surface area contributed by atoms with E-state index in [9.17, 15) is 9.90 Å². The van der Waals surface area contributed by atoms with E-state index in [-0.39, 0.29) is 17.4 Å². The van der Waals surface area contributed by atoms with Crippen molar-refractivity contribution in [2.24, 2.45) is 23.2 Å². The Morgan fingerprint density at radius 2 is 2.04 bits per heavy atom. The van der Waals surface area contributed by atoms with E-state index >= 15 is 0 Å². The van der Waals surface area contributed by atoms with E-state index < -0.39 is 0 Å². The van der Waals surface area contributed by atoms with Gasteiger partial charge in [0.25, 0.3) is 0 Å². The Morgan fingerprint density at radius 3 is 2.79 bits per heavy atom. The predicted molar refractivity (Wildman–Crippen MR) is 98.6 cm³/mol. The lowest BCUT2D eigenvalue weighted by Crippen LogP contribution is -2.36. The van der Waals surface area contributed by atoms with E-state index in [1.165, 1.54) is 43.3 Å². The molecule has 0 unspecified atom stereocenters. The van der Waals surface area contributed by atoms with Crippen molar-refractivity contribution < 1.29 is 9.90 Å². The summed E-state index contributed by atoms with van der Waals surface area (Å²) in [6.45, 7) is 8.68. The Bertz CT molecular complexity index is 571. The first kappa shape index (κ1) is 17.7. The number of carbonyl (C=O) groups excluding carboxylic acids is 1. The molecule has 0 aromatic carbocycles. The first-order valence-corrected chi connectivity index (χ1v) is 9.67. The fraction of sp³-hybridized carbons (Fsp3) is 0.682. The van der Waals surface area contributed by atoms with Gasteiger partial charge in [-0.1, -0.05) is 43.7 Å². The Labute approximate surface area is 146 Å². The standard InChI is InChI=1S/C22H32O2/c1-15-6-9-19(24)13-18(15)8-7-17-5-4-12-22(3)20(16(2)14-23)10-11-21(17)22/h7-8,14,16,19-21,24H,1,4-6,9-13H2,2-3H3/b17-7+,18-8-/t16-,19+,20-,21+,22-/m1/s1. The summed E-state index contributed by atoms with van der Waals surface area (Å²) in [7, 11) is 0. The van der Waals surface area contributed by atoms with Crippen LogP contribution in [0, 0.1) is 23.2 Å². The minimum atomic E-state index is -0.207. The van der Waals surface area contributed by atoms with Gasteiger partial charge in [-0.25, -0.2) is 0 Å². The van der Waals surface area contributed by atoms with Gasteiger partial charge in [0.15, 0.2) is 0 Å². The number of aldehydes is 1. The van der Waals surface area contributed by atoms with E-state index in [4.69, 9.17) is 0 Å². The summed E-state index contributed by atoms with van der Waals surface area (Å²) in [6.07, 6.45) is 14.1. The van der Waals surface area contributed by atoms with Gasteiger partial charge in [-0.2, -0.15) is 0 Å². The third-order valence-corrected chi connectivity index (χ3v) is 7.07. The molecule has 0 aliphatic heterocycles. The number of carbonyl (C=O) groups is 1. The highest BCUT2D eigenvalue weighted by molar-refractivity contribution is 5.54. The zero-order valence-electron chi connectivity index (χ0n) is 15.3. The zero-order valence-corrected chi connectivity index (χ0v) is 15.3. The highest BCUT2D eigenvalue weighted by Gasteiger charge is 2.50. The molecule has 0 bridgehead atoms. The van der Waals surface area contributed by atoms with Crippen molar-refractivity contribution in [1.29, 1.82) is 0 Å². The van der Waals surface area contributed by atoms with E-state index in [0.717, 1.165) is 25.5 Å². The Hall–Kier alpha value is -1.15. The van der Waals surface area contributed by atoms with Crippen LogP contribution < -0.4 is 0 Å². The molecule has 0 aromatic heterocycles. The van der Waals surface area contributed by atoms with Crippen LogP contribution in [0.3, 0.4) is 0 Å². The Balaban J connectivity index is 1.82. The van der Waals surface area contributed by atoms with Crippen molar-refractivity contribution in [3.63, 3.8) is 0 Å². The van der Waals surface area contributed by atoms with Crippen LogP contribution in [0.15, 0.2) is 35.5 Å². The van der Waals surface area contributed by atoms with Crippen molar-refractivity contribution in [2.45, 2.75) is 71.3 Å². The molecule has 3 aliphatic rings. The molecule has 3 fully saturated rings. The predicted octanol–water partition coefficient (Wildman–Crippen LogP) is 4.99. The summed E-state index contributed by atoms with van der Waals surface area (Å²) in [6, 6.07) is 0. The van der Waals surface area contributed by atoms with Crippen LogP contribution in [0.1, 0.15) is 65.2 Å². The fourth-order valence-electron chi connectivity index (χ4n) is 5.63. The van der Waals surface area contributed by atoms with Gasteiger partial charge in [0.05, 0.1) is 6.10 Å². The number of fused-ring (bicyclic) bond motifs is 1. The lowest BCUT2D eigenvalue weighted by Gasteiger charge is -2.43. The molecular formula is C22H32O2. The summed E-state index contributed by atoms with van der Waals surface area (Å²) >= 11 is 0. The lowest BCUT2D eigenvalue weighted by atomic mass is 9.61. The molecule has 0 radical (unpaired) electrons. The zero-order chi connectivity index (χ0) is 17.3. The van der Waals surface area contributed by atoms with E-state index in [1.807, 2.05) is 0 Å². The van der Waals surface area contributed by atoms with Crippen molar-refractivity contribution in [1.82, 2.24) is 0 Å². The number of hydrogen-bond donors (Lipinski definition) is 1. The summed E-state index contributed by atoms with van der Waals surface area (Å²) in [5.41, 5.74) is 4.26. The van der Waals surface area contributed by atoms with Gasteiger partial charge in [0.1, 0.15) is 6.29 Å². The summed E-state index contributed by atoms with van der Waals surface area (Å²) in [4.78, 5) is 11.3. The summed E-state index contributed by atoms with van der Waals surface area (Å²) < 4.78 is 0. The minimum Gasteiger partial charge on any atom is -0.393 e. The monoisotopic (exact) mass is 328 g/mol. The van der Waals surface area contributed by atoms with Crippen molar-refractivity contribution in [3.05, 3.63) is 35.5 Å². The third kappa shape index (κ3) is 3.18. The third-order valence-electron chi connectivity index (χ3n) is 7.07. The normalized spacial score (nSPS) is 41.5. The van der Waals surface area contributed by atoms with Gasteiger partial charge in [0, 0.05) is 5.92 Å². The van der Waals surface area contributed by atoms with Gasteiger partial charge < -0.3 is 9.90 Å². The molecule has 0 amide bonds. The van der Waals surface area contributed by atoms with Crippen LogP contribution in [0.5, 0.6) is 0 Å². The topological polar surface area (TPSA) is 37.3 Å². The first-order valence-electron chi connectivity index (χ1n) is 9.67. The highest BCUT2D eigenvalue weighted by atomic mass is 16.3. The second-order valence-electron chi connectivity index (χ2n) is 8.52. The maximum atomic E-state index is 11.3. The van der Waals surface area contributed by atoms with Crippen molar-refractivity contribution >= 4 is 6.29 Å². The largest absolute Gasteiger partial charge is 0.393 e. The maximum absolute atomic E-state index is 11.3. The molecule has 24 heavy (non-hydrogen) atoms. The number of rotatable bonds is 3. The van der Waals surface area contributed by atoms with E-state index in [2.05, 4.69) is 32.6 Å². The second-order valence-corrected chi connectivity index (χ2v) is 8.52. The number of hydrogen-bond acceptors (Lipinski definition) is 2. The average molecular weight is 328 g/mol. The smallest absolute Gasteiger partial charge is 0.123 e. The molecule has 0 aromatic rings. The van der Waals surface area contributed by atoms with E-state index in [1.54, 1.807) is 5.57 Å². The summed E-state index contributed by atoms with van der Waals surface area (Å²) in [5.74, 6) is 1.33. The van der Waals surface area contributed by atoms with Crippen LogP contribution in [0.25, 0.3) is 0 Å². The van der Waals surface area contributed by atoms with Gasteiger partial charge in [-0.3, -0.25) is 0 Å². The molecule has 132 valence electrons. The van der Waals surface area contributed by atoms with Gasteiger partial charge in [0.2, 0.25) is 0 Å². The molecule has 2 heteroatoms. The molecule has 0 heterocycles. The van der Waals surface area contributed by atoms with Gasteiger partial charge in [-0.15, -0.1) is 0 Å². The van der Waals surface area contributed by atoms with Crippen LogP contribution >= 0.6 is 0 Å². The molecule has 1 N–H and O–H groups in total. The number of allylic oxidation sites excluding steroid dienone is 4. The molecule has 0 saturated heterocycles. The van der Waals surface area contributed by atoms with Crippen LogP contribution in [-0.2, 0) is 4.79 Å². The Morgan fingerprint density at radius 1 is 1.25 bits per heavy atom. The molecule has 3 aliphatic carbocycles. The van der Waals surface area contributed by atoms with Gasteiger partial charge in [-0.05, 0) is 74.2 Å². The van der Waals surface area contributed by atoms with Crippen molar-refractivity contribution in [2.75, 3.05) is 0 Å². The molecular weight excluding hydrogens is 296 g/mol. The molecule has 3 rings (SSSR count). The number of aliphatic hydroxyl groups is 1. The summed E-state index contributed by atoms with van der Waals surface area (Å²) in [5, 5.41) is 9.91. The molecule has 3 saturated carbocycles. The second kappa shape index (κ2) is 7.00. The maximum Gasteiger partial charge on any atom is 0.123 e. The van der Waals surface area contributed by atoms with Crippen LogP contribution in [0.4, 0.5) is 0 Å². The fourth-order valence-corrected chi connectivity index (χ4v) is 5.63. The number of aliphatic hydroxyl groups excluding tert-OH is 1. The average Bonchev–Trinajstić information content (AvgIpc) is 2.92. The first-order chi connectivity index (χ1) is 11.5. The quantitative estimate of drug-likeness (QED) is 0.741. The van der Waals surface area contributed by atoms with Crippen molar-refractivity contribution in [3.8, 4) is 0 Å². The van der Waals surface area contributed by atoms with Crippen LogP contribution in [0.2, 0.25) is 0 Å². The highest BCUT2D eigenvalue weighted by Crippen LogP contribution is 2.59. The van der Waals surface area contributed by atoms with Gasteiger partial charge >= 0.3 is 0 Å². The molecule has 5 atom stereocenters. The minimum absolute atomic E-state index is 0.172. The molecule has 0 spiro atoms.